The van der Waals surface area contributed by atoms with Gasteiger partial charge in [0, 0.05) is 24.9 Å². The van der Waals surface area contributed by atoms with Gasteiger partial charge in [-0.15, -0.1) is 0 Å². The second-order valence-corrected chi connectivity index (χ2v) is 3.63. The molecular weight excluding hydrogens is 208 g/mol. The summed E-state index contributed by atoms with van der Waals surface area (Å²) in [5.74, 6) is -0.335. The summed E-state index contributed by atoms with van der Waals surface area (Å²) in [6, 6.07) is 2.58. The molecule has 0 radical (unpaired) electrons. The lowest BCUT2D eigenvalue weighted by molar-refractivity contribution is 0.0914. The number of aromatic nitrogens is 1. The highest BCUT2D eigenvalue weighted by Crippen LogP contribution is 1.97. The predicted octanol–water partition coefficient (Wildman–Crippen LogP) is -0.114. The van der Waals surface area contributed by atoms with Crippen molar-refractivity contribution in [1.29, 1.82) is 0 Å². The van der Waals surface area contributed by atoms with Gasteiger partial charge in [-0.05, 0) is 12.5 Å². The number of nitrogens with zero attached hydrogens (tertiary/aromatic N) is 1. The fourth-order valence-electron chi connectivity index (χ4n) is 1.24. The molecular formula is C11H16N2O3. The Labute approximate surface area is 93.7 Å². The van der Waals surface area contributed by atoms with Crippen molar-refractivity contribution < 1.29 is 9.90 Å². The van der Waals surface area contributed by atoms with Crippen molar-refractivity contribution >= 4 is 5.91 Å². The summed E-state index contributed by atoms with van der Waals surface area (Å²) in [6.45, 7) is 1.76. The lowest BCUT2D eigenvalue weighted by Crippen LogP contribution is -2.37. The quantitative estimate of drug-likeness (QED) is 0.749. The van der Waals surface area contributed by atoms with E-state index in [1.54, 1.807) is 13.1 Å². The molecule has 1 heterocycles. The van der Waals surface area contributed by atoms with Crippen LogP contribution in [0.25, 0.3) is 0 Å². The van der Waals surface area contributed by atoms with Crippen LogP contribution in [0.15, 0.2) is 23.1 Å². The fourth-order valence-corrected chi connectivity index (χ4v) is 1.24. The van der Waals surface area contributed by atoms with Crippen LogP contribution in [-0.2, 0) is 7.05 Å². The van der Waals surface area contributed by atoms with Crippen LogP contribution in [0.1, 0.15) is 23.7 Å². The first-order valence-electron chi connectivity index (χ1n) is 5.17. The lowest BCUT2D eigenvalue weighted by Gasteiger charge is -2.13. The van der Waals surface area contributed by atoms with E-state index >= 15 is 0 Å². The van der Waals surface area contributed by atoms with E-state index in [1.807, 2.05) is 6.92 Å². The molecule has 0 aromatic carbocycles. The third kappa shape index (κ3) is 2.93. The van der Waals surface area contributed by atoms with Gasteiger partial charge in [0.15, 0.2) is 0 Å². The van der Waals surface area contributed by atoms with Crippen molar-refractivity contribution in [3.8, 4) is 0 Å². The van der Waals surface area contributed by atoms with Gasteiger partial charge in [0.25, 0.3) is 11.5 Å². The number of rotatable bonds is 4. The van der Waals surface area contributed by atoms with Gasteiger partial charge in [0.1, 0.15) is 0 Å². The Balaban J connectivity index is 2.81. The molecule has 0 aliphatic carbocycles. The van der Waals surface area contributed by atoms with Gasteiger partial charge in [0.05, 0.1) is 12.6 Å². The van der Waals surface area contributed by atoms with Gasteiger partial charge in [-0.2, -0.15) is 0 Å². The number of aliphatic hydroxyl groups excluding tert-OH is 1. The van der Waals surface area contributed by atoms with E-state index in [4.69, 9.17) is 5.11 Å². The Kier molecular flexibility index (Phi) is 4.25. The topological polar surface area (TPSA) is 71.3 Å². The van der Waals surface area contributed by atoms with Gasteiger partial charge in [-0.25, -0.2) is 0 Å². The van der Waals surface area contributed by atoms with E-state index in [0.717, 1.165) is 0 Å². The minimum atomic E-state index is -0.335. The van der Waals surface area contributed by atoms with Crippen LogP contribution in [0.5, 0.6) is 0 Å². The molecule has 1 aromatic rings. The van der Waals surface area contributed by atoms with E-state index in [-0.39, 0.29) is 24.1 Å². The number of pyridine rings is 1. The van der Waals surface area contributed by atoms with Crippen molar-refractivity contribution in [2.75, 3.05) is 6.61 Å². The first kappa shape index (κ1) is 12.4. The number of aliphatic hydroxyl groups is 1. The van der Waals surface area contributed by atoms with Crippen LogP contribution < -0.4 is 10.9 Å². The number of hydrogen-bond donors (Lipinski definition) is 2. The minimum Gasteiger partial charge on any atom is -0.394 e. The molecule has 1 aromatic heterocycles. The smallest absolute Gasteiger partial charge is 0.251 e. The molecule has 0 fully saturated rings. The first-order valence-corrected chi connectivity index (χ1v) is 5.17. The zero-order valence-corrected chi connectivity index (χ0v) is 9.43. The number of carbonyl (C=O) groups excluding carboxylic acids is 1. The van der Waals surface area contributed by atoms with Crippen LogP contribution >= 0.6 is 0 Å². The van der Waals surface area contributed by atoms with E-state index < -0.39 is 0 Å². The van der Waals surface area contributed by atoms with Gasteiger partial charge >= 0.3 is 0 Å². The molecule has 0 saturated carbocycles. The molecule has 0 spiro atoms. The van der Waals surface area contributed by atoms with Crippen molar-refractivity contribution in [3.05, 3.63) is 34.2 Å². The Morgan fingerprint density at radius 3 is 2.81 bits per heavy atom. The number of carbonyl (C=O) groups is 1. The largest absolute Gasteiger partial charge is 0.394 e. The highest BCUT2D eigenvalue weighted by Gasteiger charge is 2.11. The van der Waals surface area contributed by atoms with Crippen molar-refractivity contribution in [3.63, 3.8) is 0 Å². The molecule has 1 amide bonds. The van der Waals surface area contributed by atoms with Crippen LogP contribution in [0, 0.1) is 0 Å². The molecule has 16 heavy (non-hydrogen) atoms. The standard InChI is InChI=1S/C11H16N2O3/c1-3-9(7-14)12-11(16)8-4-5-13(2)10(15)6-8/h4-6,9,14H,3,7H2,1-2H3,(H,12,16). The van der Waals surface area contributed by atoms with Crippen molar-refractivity contribution in [2.24, 2.45) is 7.05 Å². The van der Waals surface area contributed by atoms with E-state index in [1.165, 1.54) is 16.8 Å². The maximum absolute atomic E-state index is 11.7. The molecule has 5 heteroatoms. The number of aryl methyl sites for hydroxylation is 1. The van der Waals surface area contributed by atoms with Crippen LogP contribution in [0.3, 0.4) is 0 Å². The zero-order valence-electron chi connectivity index (χ0n) is 9.43. The number of hydrogen-bond acceptors (Lipinski definition) is 3. The third-order valence-electron chi connectivity index (χ3n) is 2.41. The Morgan fingerprint density at radius 2 is 2.31 bits per heavy atom. The lowest BCUT2D eigenvalue weighted by atomic mass is 10.2. The summed E-state index contributed by atoms with van der Waals surface area (Å²) in [4.78, 5) is 23.0. The summed E-state index contributed by atoms with van der Waals surface area (Å²) < 4.78 is 1.39. The number of amides is 1. The molecule has 88 valence electrons. The molecule has 2 N–H and O–H groups in total. The van der Waals surface area contributed by atoms with Gasteiger partial charge in [-0.3, -0.25) is 9.59 Å². The van der Waals surface area contributed by atoms with Crippen LogP contribution in [0.2, 0.25) is 0 Å². The Hall–Kier alpha value is -1.62. The minimum absolute atomic E-state index is 0.104. The summed E-state index contributed by atoms with van der Waals surface area (Å²) in [5.41, 5.74) is 0.0831. The van der Waals surface area contributed by atoms with Crippen molar-refractivity contribution in [2.45, 2.75) is 19.4 Å². The van der Waals surface area contributed by atoms with E-state index in [9.17, 15) is 9.59 Å². The Morgan fingerprint density at radius 1 is 1.62 bits per heavy atom. The fraction of sp³-hybridized carbons (Fsp3) is 0.455. The molecule has 0 bridgehead atoms. The molecule has 1 rings (SSSR count). The second kappa shape index (κ2) is 5.46. The van der Waals surface area contributed by atoms with Gasteiger partial charge in [0.2, 0.25) is 0 Å². The monoisotopic (exact) mass is 224 g/mol. The number of nitrogens with one attached hydrogen (secondary N) is 1. The van der Waals surface area contributed by atoms with Crippen molar-refractivity contribution in [1.82, 2.24) is 9.88 Å². The predicted molar refractivity (Wildman–Crippen MR) is 60.3 cm³/mol. The molecule has 1 atom stereocenters. The van der Waals surface area contributed by atoms with E-state index in [2.05, 4.69) is 5.32 Å². The summed E-state index contributed by atoms with van der Waals surface area (Å²) in [6.07, 6.45) is 2.18. The summed E-state index contributed by atoms with van der Waals surface area (Å²) in [5, 5.41) is 11.6. The van der Waals surface area contributed by atoms with Crippen LogP contribution in [-0.4, -0.2) is 28.2 Å². The average Bonchev–Trinajstić information content (AvgIpc) is 2.29. The van der Waals surface area contributed by atoms with Crippen LogP contribution in [0.4, 0.5) is 0 Å². The highest BCUT2D eigenvalue weighted by molar-refractivity contribution is 5.94. The molecule has 5 nitrogen and oxygen atoms in total. The molecule has 0 aliphatic rings. The summed E-state index contributed by atoms with van der Waals surface area (Å²) >= 11 is 0. The molecule has 0 aliphatic heterocycles. The summed E-state index contributed by atoms with van der Waals surface area (Å²) in [7, 11) is 1.62. The third-order valence-corrected chi connectivity index (χ3v) is 2.41. The molecule has 1 unspecified atom stereocenters. The molecule has 0 saturated heterocycles. The van der Waals surface area contributed by atoms with E-state index in [0.29, 0.717) is 12.0 Å². The average molecular weight is 224 g/mol. The van der Waals surface area contributed by atoms with Gasteiger partial charge < -0.3 is 15.0 Å². The van der Waals surface area contributed by atoms with Gasteiger partial charge in [-0.1, -0.05) is 6.92 Å². The maximum Gasteiger partial charge on any atom is 0.251 e. The first-order chi connectivity index (χ1) is 7.58. The highest BCUT2D eigenvalue weighted by atomic mass is 16.3. The zero-order chi connectivity index (χ0) is 12.1. The normalized spacial score (nSPS) is 12.2. The SMILES string of the molecule is CCC(CO)NC(=O)c1ccn(C)c(=O)c1. The second-order valence-electron chi connectivity index (χ2n) is 3.63. The Bertz CT molecular complexity index is 421. The maximum atomic E-state index is 11.7.